The van der Waals surface area contributed by atoms with E-state index in [4.69, 9.17) is 25.8 Å². The van der Waals surface area contributed by atoms with Crippen LogP contribution in [0.15, 0.2) is 71.1 Å². The molecule has 0 aromatic heterocycles. The largest absolute Gasteiger partial charge is 0.466 e. The van der Waals surface area contributed by atoms with Gasteiger partial charge < -0.3 is 19.5 Å². The Morgan fingerprint density at radius 1 is 1.05 bits per heavy atom. The molecule has 10 heteroatoms. The fourth-order valence-corrected chi connectivity index (χ4v) is 5.06. The number of amides is 2. The standard InChI is InChI=1S/C29H29ClN2O7/c1-4-39-29(36)26-22(16-38-14-13-32-23(33)15-18-9-5-6-10-19(18)27(32)34)31-17(2)24(28(35)37-3)25(26)20-11-7-8-12-21(20)30/h5-12,25,31H,4,13-16H2,1-3H3. The first-order valence-corrected chi connectivity index (χ1v) is 12.9. The summed E-state index contributed by atoms with van der Waals surface area (Å²) in [5.74, 6) is -2.79. The zero-order chi connectivity index (χ0) is 28.1. The van der Waals surface area contributed by atoms with E-state index in [9.17, 15) is 19.2 Å². The van der Waals surface area contributed by atoms with Gasteiger partial charge in [0.15, 0.2) is 0 Å². The van der Waals surface area contributed by atoms with Crippen LogP contribution in [0.5, 0.6) is 0 Å². The van der Waals surface area contributed by atoms with E-state index in [1.165, 1.54) is 12.0 Å². The number of dihydropyridines is 1. The van der Waals surface area contributed by atoms with Crippen molar-refractivity contribution in [1.82, 2.24) is 10.2 Å². The van der Waals surface area contributed by atoms with Gasteiger partial charge >= 0.3 is 11.9 Å². The Morgan fingerprint density at radius 2 is 1.77 bits per heavy atom. The number of carbonyl (C=O) groups is 4. The lowest BCUT2D eigenvalue weighted by molar-refractivity contribution is -0.139. The molecule has 0 radical (unpaired) electrons. The molecule has 2 aliphatic heterocycles. The Hall–Kier alpha value is -3.95. The topological polar surface area (TPSA) is 111 Å². The number of rotatable bonds is 9. The van der Waals surface area contributed by atoms with Crippen molar-refractivity contribution >= 4 is 35.4 Å². The maximum atomic E-state index is 13.3. The maximum absolute atomic E-state index is 13.3. The second kappa shape index (κ2) is 12.3. The van der Waals surface area contributed by atoms with Crippen molar-refractivity contribution in [3.8, 4) is 0 Å². The van der Waals surface area contributed by atoms with Crippen molar-refractivity contribution in [2.45, 2.75) is 26.2 Å². The first kappa shape index (κ1) is 28.1. The van der Waals surface area contributed by atoms with E-state index in [2.05, 4.69) is 5.32 Å². The Kier molecular flexibility index (Phi) is 8.83. The number of nitrogens with zero attached hydrogens (tertiary/aromatic N) is 1. The van der Waals surface area contributed by atoms with Gasteiger partial charge in [-0.05, 0) is 37.1 Å². The van der Waals surface area contributed by atoms with Gasteiger partial charge in [-0.1, -0.05) is 48.0 Å². The molecule has 204 valence electrons. The third-order valence-electron chi connectivity index (χ3n) is 6.60. The summed E-state index contributed by atoms with van der Waals surface area (Å²) in [6.07, 6.45) is 0.140. The molecule has 1 unspecified atom stereocenters. The van der Waals surface area contributed by atoms with Crippen molar-refractivity contribution in [2.24, 2.45) is 0 Å². The highest BCUT2D eigenvalue weighted by Crippen LogP contribution is 2.41. The average Bonchev–Trinajstić information content (AvgIpc) is 2.92. The van der Waals surface area contributed by atoms with Crippen LogP contribution in [-0.4, -0.2) is 62.1 Å². The molecule has 2 aromatic rings. The van der Waals surface area contributed by atoms with Crippen molar-refractivity contribution in [3.63, 3.8) is 0 Å². The lowest BCUT2D eigenvalue weighted by atomic mass is 9.80. The zero-order valence-corrected chi connectivity index (χ0v) is 22.7. The van der Waals surface area contributed by atoms with Gasteiger partial charge in [0.25, 0.3) is 5.91 Å². The lowest BCUT2D eigenvalue weighted by Gasteiger charge is -2.32. The molecular weight excluding hydrogens is 524 g/mol. The summed E-state index contributed by atoms with van der Waals surface area (Å²) in [5, 5.41) is 3.47. The minimum atomic E-state index is -0.869. The van der Waals surface area contributed by atoms with Crippen LogP contribution < -0.4 is 5.32 Å². The van der Waals surface area contributed by atoms with Gasteiger partial charge in [0, 0.05) is 16.3 Å². The highest BCUT2D eigenvalue weighted by atomic mass is 35.5. The van der Waals surface area contributed by atoms with Crippen LogP contribution in [0.1, 0.15) is 41.3 Å². The Bertz CT molecular complexity index is 1380. The molecule has 2 aromatic carbocycles. The normalized spacial score (nSPS) is 17.1. The summed E-state index contributed by atoms with van der Waals surface area (Å²) in [6.45, 7) is 3.49. The number of imide groups is 1. The zero-order valence-electron chi connectivity index (χ0n) is 21.9. The number of nitrogens with one attached hydrogen (secondary N) is 1. The number of benzene rings is 2. The maximum Gasteiger partial charge on any atom is 0.336 e. The van der Waals surface area contributed by atoms with Crippen LogP contribution in [0.4, 0.5) is 0 Å². The van der Waals surface area contributed by atoms with E-state index in [1.807, 2.05) is 0 Å². The van der Waals surface area contributed by atoms with Gasteiger partial charge in [0.2, 0.25) is 5.91 Å². The van der Waals surface area contributed by atoms with Gasteiger partial charge in [-0.15, -0.1) is 0 Å². The molecule has 4 rings (SSSR count). The van der Waals surface area contributed by atoms with Crippen LogP contribution in [0, 0.1) is 0 Å². The second-order valence-electron chi connectivity index (χ2n) is 8.96. The SMILES string of the molecule is CCOC(=O)C1=C(COCCN2C(=O)Cc3ccccc3C2=O)NC(C)=C(C(=O)OC)C1c1ccccc1Cl. The Morgan fingerprint density at radius 3 is 2.49 bits per heavy atom. The van der Waals surface area contributed by atoms with Gasteiger partial charge in [-0.2, -0.15) is 0 Å². The molecule has 2 heterocycles. The number of esters is 2. The summed E-state index contributed by atoms with van der Waals surface area (Å²) >= 11 is 6.52. The quantitative estimate of drug-likeness (QED) is 0.286. The van der Waals surface area contributed by atoms with Crippen LogP contribution in [-0.2, 0) is 35.0 Å². The lowest BCUT2D eigenvalue weighted by Crippen LogP contribution is -2.44. The van der Waals surface area contributed by atoms with E-state index in [-0.39, 0.29) is 55.7 Å². The Labute approximate surface area is 231 Å². The van der Waals surface area contributed by atoms with Crippen molar-refractivity contribution in [2.75, 3.05) is 33.5 Å². The molecule has 0 fully saturated rings. The third kappa shape index (κ3) is 5.74. The molecule has 2 aliphatic rings. The first-order valence-electron chi connectivity index (χ1n) is 12.5. The molecule has 0 saturated carbocycles. The summed E-state index contributed by atoms with van der Waals surface area (Å²) in [7, 11) is 1.26. The van der Waals surface area contributed by atoms with Crippen molar-refractivity contribution in [3.05, 3.63) is 92.8 Å². The monoisotopic (exact) mass is 552 g/mol. The van der Waals surface area contributed by atoms with Crippen molar-refractivity contribution < 1.29 is 33.4 Å². The molecule has 0 aliphatic carbocycles. The fourth-order valence-electron chi connectivity index (χ4n) is 4.82. The number of hydrogen-bond donors (Lipinski definition) is 1. The molecule has 9 nitrogen and oxygen atoms in total. The summed E-state index contributed by atoms with van der Waals surface area (Å²) in [5.41, 5.74) is 2.97. The van der Waals surface area contributed by atoms with E-state index >= 15 is 0 Å². The van der Waals surface area contributed by atoms with Crippen molar-refractivity contribution in [1.29, 1.82) is 0 Å². The summed E-state index contributed by atoms with van der Waals surface area (Å²) < 4.78 is 16.2. The van der Waals surface area contributed by atoms with Crippen LogP contribution in [0.2, 0.25) is 5.02 Å². The predicted octanol–water partition coefficient (Wildman–Crippen LogP) is 3.53. The minimum absolute atomic E-state index is 0.0321. The van der Waals surface area contributed by atoms with E-state index < -0.39 is 17.9 Å². The van der Waals surface area contributed by atoms with E-state index in [0.717, 1.165) is 0 Å². The van der Waals surface area contributed by atoms with Gasteiger partial charge in [-0.25, -0.2) is 9.59 Å². The van der Waals surface area contributed by atoms with Gasteiger partial charge in [-0.3, -0.25) is 14.5 Å². The highest BCUT2D eigenvalue weighted by Gasteiger charge is 2.39. The summed E-state index contributed by atoms with van der Waals surface area (Å²) in [6, 6.07) is 13.9. The van der Waals surface area contributed by atoms with Crippen LogP contribution in [0.3, 0.4) is 0 Å². The number of carbonyl (C=O) groups excluding carboxylic acids is 4. The minimum Gasteiger partial charge on any atom is -0.466 e. The Balaban J connectivity index is 1.60. The molecule has 39 heavy (non-hydrogen) atoms. The number of ether oxygens (including phenoxy) is 3. The highest BCUT2D eigenvalue weighted by molar-refractivity contribution is 6.31. The molecule has 1 atom stereocenters. The number of hydrogen-bond acceptors (Lipinski definition) is 8. The molecular formula is C29H29ClN2O7. The van der Waals surface area contributed by atoms with Gasteiger partial charge in [0.05, 0.1) is 62.7 Å². The number of halogens is 1. The molecule has 0 bridgehead atoms. The molecule has 2 amide bonds. The first-order chi connectivity index (χ1) is 18.8. The van der Waals surface area contributed by atoms with Gasteiger partial charge in [0.1, 0.15) is 0 Å². The number of fused-ring (bicyclic) bond motifs is 1. The fraction of sp³-hybridized carbons (Fsp3) is 0.310. The molecule has 1 N–H and O–H groups in total. The predicted molar refractivity (Wildman–Crippen MR) is 143 cm³/mol. The van der Waals surface area contributed by atoms with E-state index in [0.29, 0.717) is 33.1 Å². The molecule has 0 saturated heterocycles. The molecule has 0 spiro atoms. The average molecular weight is 553 g/mol. The number of methoxy groups -OCH3 is 1. The second-order valence-corrected chi connectivity index (χ2v) is 9.37. The van der Waals surface area contributed by atoms with Crippen LogP contribution in [0.25, 0.3) is 0 Å². The third-order valence-corrected chi connectivity index (χ3v) is 6.95. The summed E-state index contributed by atoms with van der Waals surface area (Å²) in [4.78, 5) is 52.7. The number of allylic oxidation sites excluding steroid dienone is 1. The van der Waals surface area contributed by atoms with E-state index in [1.54, 1.807) is 62.4 Å². The smallest absolute Gasteiger partial charge is 0.336 e. The van der Waals surface area contributed by atoms with Crippen LogP contribution >= 0.6 is 11.6 Å².